The summed E-state index contributed by atoms with van der Waals surface area (Å²) in [5.41, 5.74) is 5.22. The Hall–Kier alpha value is -3.31. The second-order valence-corrected chi connectivity index (χ2v) is 9.38. The maximum Gasteiger partial charge on any atom is 0.356 e. The number of rotatable bonds is 6. The fourth-order valence-corrected chi connectivity index (χ4v) is 5.61. The molecule has 2 aliphatic rings. The molecule has 0 aromatic heterocycles. The molecule has 33 heavy (non-hydrogen) atoms. The highest BCUT2D eigenvalue weighted by Crippen LogP contribution is 2.44. The minimum Gasteiger partial charge on any atom is -0.448 e. The van der Waals surface area contributed by atoms with Gasteiger partial charge in [-0.05, 0) is 28.7 Å². The highest BCUT2D eigenvalue weighted by Gasteiger charge is 2.46. The third-order valence-electron chi connectivity index (χ3n) is 6.19. The molecule has 1 fully saturated rings. The van der Waals surface area contributed by atoms with Gasteiger partial charge < -0.3 is 4.74 Å². The average molecular weight is 456 g/mol. The third kappa shape index (κ3) is 4.21. The number of hydrogen-bond donors (Lipinski definition) is 0. The maximum atomic E-state index is 13.7. The quantitative estimate of drug-likeness (QED) is 0.359. The number of esters is 1. The van der Waals surface area contributed by atoms with Crippen molar-refractivity contribution in [3.63, 3.8) is 0 Å². The summed E-state index contributed by atoms with van der Waals surface area (Å²) in [6.45, 7) is 2.12. The second kappa shape index (κ2) is 9.28. The molecule has 3 aromatic rings. The number of carbonyl (C=O) groups excluding carboxylic acids is 2. The van der Waals surface area contributed by atoms with E-state index in [1.807, 2.05) is 72.8 Å². The minimum atomic E-state index is -0.555. The van der Waals surface area contributed by atoms with Gasteiger partial charge in [-0.3, -0.25) is 9.69 Å². The van der Waals surface area contributed by atoms with Gasteiger partial charge in [0.05, 0.1) is 11.8 Å². The fourth-order valence-electron chi connectivity index (χ4n) is 4.31. The van der Waals surface area contributed by atoms with Crippen LogP contribution in [0.3, 0.4) is 0 Å². The van der Waals surface area contributed by atoms with E-state index in [1.165, 1.54) is 5.56 Å². The van der Waals surface area contributed by atoms with Crippen molar-refractivity contribution in [1.82, 2.24) is 4.90 Å². The van der Waals surface area contributed by atoms with Gasteiger partial charge in [-0.15, -0.1) is 11.8 Å². The van der Waals surface area contributed by atoms with Crippen LogP contribution in [0.5, 0.6) is 0 Å². The molecule has 0 aliphatic carbocycles. The Balaban J connectivity index is 1.55. The minimum absolute atomic E-state index is 0.00520. The Bertz CT molecular complexity index is 1150. The molecule has 0 spiro atoms. The number of thioether (sulfide) groups is 1. The highest BCUT2D eigenvalue weighted by atomic mass is 32.2. The fraction of sp³-hybridized carbons (Fsp3) is 0.214. The normalized spacial score (nSPS) is 17.6. The number of aryl methyl sites for hydroxylation is 1. The average Bonchev–Trinajstić information content (AvgIpc) is 2.87. The van der Waals surface area contributed by atoms with Crippen LogP contribution in [-0.2, 0) is 20.7 Å². The van der Waals surface area contributed by atoms with E-state index >= 15 is 0 Å². The monoisotopic (exact) mass is 455 g/mol. The van der Waals surface area contributed by atoms with E-state index in [-0.39, 0.29) is 11.3 Å². The zero-order valence-electron chi connectivity index (χ0n) is 18.4. The number of hydrogen-bond acceptors (Lipinski definition) is 4. The van der Waals surface area contributed by atoms with Crippen LogP contribution in [0.25, 0.3) is 5.57 Å². The molecule has 1 saturated heterocycles. The lowest BCUT2D eigenvalue weighted by Crippen LogP contribution is -2.54. The van der Waals surface area contributed by atoms with Gasteiger partial charge in [-0.25, -0.2) is 4.79 Å². The van der Waals surface area contributed by atoms with E-state index in [9.17, 15) is 9.59 Å². The molecule has 1 atom stereocenters. The molecule has 0 unspecified atom stereocenters. The van der Waals surface area contributed by atoms with Crippen molar-refractivity contribution in [1.29, 1.82) is 0 Å². The topological polar surface area (TPSA) is 46.6 Å². The predicted molar refractivity (Wildman–Crippen MR) is 131 cm³/mol. The number of benzene rings is 3. The second-order valence-electron chi connectivity index (χ2n) is 8.22. The lowest BCUT2D eigenvalue weighted by atomic mass is 9.99. The molecular weight excluding hydrogens is 430 g/mol. The summed E-state index contributed by atoms with van der Waals surface area (Å²) in [6.07, 6.45) is 0.857. The van der Waals surface area contributed by atoms with Crippen LogP contribution < -0.4 is 0 Å². The molecule has 2 heterocycles. The van der Waals surface area contributed by atoms with E-state index in [4.69, 9.17) is 4.74 Å². The molecule has 2 aliphatic heterocycles. The molecule has 5 rings (SSSR count). The molecular formula is C28H25NO3S. The van der Waals surface area contributed by atoms with Crippen LogP contribution in [0.15, 0.2) is 90.6 Å². The molecule has 4 nitrogen and oxygen atoms in total. The van der Waals surface area contributed by atoms with Gasteiger partial charge in [0.15, 0.2) is 6.10 Å². The van der Waals surface area contributed by atoms with Gasteiger partial charge in [0.2, 0.25) is 5.91 Å². The molecule has 0 N–H and O–H groups in total. The Labute approximate surface area is 198 Å². The van der Waals surface area contributed by atoms with Crippen LogP contribution in [0.1, 0.15) is 41.7 Å². The maximum absolute atomic E-state index is 13.7. The summed E-state index contributed by atoms with van der Waals surface area (Å²) in [5, 5.41) is 0.00520. The number of carbonyl (C=O) groups is 2. The first-order valence-corrected chi connectivity index (χ1v) is 12.3. The molecule has 1 amide bonds. The molecule has 0 radical (unpaired) electrons. The van der Waals surface area contributed by atoms with Crippen molar-refractivity contribution < 1.29 is 14.3 Å². The van der Waals surface area contributed by atoms with Gasteiger partial charge in [0.25, 0.3) is 0 Å². The van der Waals surface area contributed by atoms with Crippen molar-refractivity contribution >= 4 is 29.2 Å². The largest absolute Gasteiger partial charge is 0.448 e. The summed E-state index contributed by atoms with van der Waals surface area (Å²) in [7, 11) is 0. The van der Waals surface area contributed by atoms with Crippen molar-refractivity contribution in [2.24, 2.45) is 0 Å². The van der Waals surface area contributed by atoms with E-state index in [0.29, 0.717) is 17.9 Å². The Kier molecular flexibility index (Phi) is 6.05. The number of fused-ring (bicyclic) bond motifs is 1. The molecule has 3 aromatic carbocycles. The lowest BCUT2D eigenvalue weighted by molar-refractivity contribution is -0.151. The summed E-state index contributed by atoms with van der Waals surface area (Å²) in [5.74, 6) is 0.185. The zero-order valence-corrected chi connectivity index (χ0v) is 19.3. The first-order valence-electron chi connectivity index (χ1n) is 11.2. The van der Waals surface area contributed by atoms with Gasteiger partial charge in [0.1, 0.15) is 5.70 Å². The van der Waals surface area contributed by atoms with Crippen LogP contribution >= 0.6 is 11.8 Å². The predicted octanol–water partition coefficient (Wildman–Crippen LogP) is 5.60. The van der Waals surface area contributed by atoms with Crippen molar-refractivity contribution in [2.45, 2.75) is 31.2 Å². The van der Waals surface area contributed by atoms with Gasteiger partial charge >= 0.3 is 5.97 Å². The summed E-state index contributed by atoms with van der Waals surface area (Å²) >= 11 is 1.70. The summed E-state index contributed by atoms with van der Waals surface area (Å²) < 4.78 is 6.16. The molecule has 0 bridgehead atoms. The number of ether oxygens (including phenoxy) is 1. The van der Waals surface area contributed by atoms with Gasteiger partial charge in [-0.2, -0.15) is 0 Å². The lowest BCUT2D eigenvalue weighted by Gasteiger charge is -2.44. The van der Waals surface area contributed by atoms with Crippen LogP contribution in [-0.4, -0.2) is 27.9 Å². The first kappa shape index (κ1) is 21.5. The van der Waals surface area contributed by atoms with E-state index in [1.54, 1.807) is 16.7 Å². The summed E-state index contributed by atoms with van der Waals surface area (Å²) in [6, 6.07) is 27.7. The van der Waals surface area contributed by atoms with Crippen molar-refractivity contribution in [3.8, 4) is 0 Å². The van der Waals surface area contributed by atoms with Gasteiger partial charge in [-0.1, -0.05) is 91.9 Å². The SMILES string of the molecule is CCc1ccc(C2=C(C(=O)OC(c3ccccc3)c3ccccc3)N3C(=O)C[C@H]3SC2)cc1. The third-order valence-corrected chi connectivity index (χ3v) is 7.40. The van der Waals surface area contributed by atoms with E-state index in [0.717, 1.165) is 28.7 Å². The van der Waals surface area contributed by atoms with Crippen LogP contribution in [0, 0.1) is 0 Å². The first-order chi connectivity index (χ1) is 16.2. The van der Waals surface area contributed by atoms with Gasteiger partial charge in [0, 0.05) is 11.3 Å². The molecule has 5 heteroatoms. The zero-order chi connectivity index (χ0) is 22.8. The van der Waals surface area contributed by atoms with Crippen LogP contribution in [0.4, 0.5) is 0 Å². The standard InChI is InChI=1S/C28H25NO3S/c1-2-19-13-15-20(16-14-19)23-18-33-25-17-24(30)29(25)26(23)28(31)32-27(21-9-5-3-6-10-21)22-11-7-4-8-12-22/h3-16,25,27H,2,17-18H2,1H3/t25-/m1/s1. The Morgan fingerprint density at radius 3 is 2.12 bits per heavy atom. The van der Waals surface area contributed by atoms with Crippen molar-refractivity contribution in [3.05, 3.63) is 113 Å². The Morgan fingerprint density at radius 2 is 1.58 bits per heavy atom. The number of nitrogens with zero attached hydrogens (tertiary/aromatic N) is 1. The van der Waals surface area contributed by atoms with Crippen LogP contribution in [0.2, 0.25) is 0 Å². The van der Waals surface area contributed by atoms with Crippen molar-refractivity contribution in [2.75, 3.05) is 5.75 Å². The van der Waals surface area contributed by atoms with E-state index in [2.05, 4.69) is 19.1 Å². The molecule has 0 saturated carbocycles. The smallest absolute Gasteiger partial charge is 0.356 e. The Morgan fingerprint density at radius 1 is 0.970 bits per heavy atom. The highest BCUT2D eigenvalue weighted by molar-refractivity contribution is 8.00. The number of amides is 1. The number of β-lactam (4-membered cyclic amide) rings is 1. The molecule has 166 valence electrons. The summed E-state index contributed by atoms with van der Waals surface area (Å²) in [4.78, 5) is 27.9. The van der Waals surface area contributed by atoms with E-state index < -0.39 is 12.1 Å².